The van der Waals surface area contributed by atoms with Gasteiger partial charge < -0.3 is 10.6 Å². The first-order valence-corrected chi connectivity index (χ1v) is 8.21. The second-order valence-electron chi connectivity index (χ2n) is 5.82. The molecule has 2 amide bonds. The molecule has 136 valence electrons. The Morgan fingerprint density at radius 3 is 2.15 bits per heavy atom. The van der Waals surface area contributed by atoms with E-state index in [2.05, 4.69) is 10.6 Å². The zero-order valence-electron chi connectivity index (χ0n) is 14.2. The van der Waals surface area contributed by atoms with Gasteiger partial charge in [-0.3, -0.25) is 9.59 Å². The highest BCUT2D eigenvalue weighted by atomic mass is 19.1. The average molecular weight is 366 g/mol. The zero-order chi connectivity index (χ0) is 19.2. The standard InChI is InChI=1S/C21H16F2N2O2/c22-17-8-10-18(11-9-17)25-21(27)15-6-3-5-14(12-15)20(26)24-13-16-4-1-2-7-19(16)23/h1-12H,13H2,(H,24,26)(H,25,27). The minimum absolute atomic E-state index is 0.0392. The van der Waals surface area contributed by atoms with Gasteiger partial charge in [0.2, 0.25) is 0 Å². The summed E-state index contributed by atoms with van der Waals surface area (Å²) in [7, 11) is 0. The van der Waals surface area contributed by atoms with Crippen LogP contribution >= 0.6 is 0 Å². The molecule has 0 aliphatic carbocycles. The van der Waals surface area contributed by atoms with E-state index in [4.69, 9.17) is 0 Å². The molecule has 6 heteroatoms. The molecule has 0 bridgehead atoms. The lowest BCUT2D eigenvalue weighted by Gasteiger charge is -2.09. The Hall–Kier alpha value is -3.54. The summed E-state index contributed by atoms with van der Waals surface area (Å²) in [4.78, 5) is 24.6. The van der Waals surface area contributed by atoms with E-state index in [1.54, 1.807) is 36.4 Å². The molecule has 0 aromatic heterocycles. The lowest BCUT2D eigenvalue weighted by atomic mass is 10.1. The summed E-state index contributed by atoms with van der Waals surface area (Å²) in [5, 5.41) is 5.26. The summed E-state index contributed by atoms with van der Waals surface area (Å²) in [6, 6.07) is 17.7. The average Bonchev–Trinajstić information content (AvgIpc) is 2.69. The predicted molar refractivity (Wildman–Crippen MR) is 98.4 cm³/mol. The number of carbonyl (C=O) groups excluding carboxylic acids is 2. The summed E-state index contributed by atoms with van der Waals surface area (Å²) in [6.45, 7) is 0.0392. The molecule has 4 nitrogen and oxygen atoms in total. The number of benzene rings is 3. The van der Waals surface area contributed by atoms with Gasteiger partial charge in [-0.05, 0) is 48.5 Å². The molecular weight excluding hydrogens is 350 g/mol. The normalized spacial score (nSPS) is 10.3. The Labute approximate surface area is 154 Å². The minimum Gasteiger partial charge on any atom is -0.348 e. The lowest BCUT2D eigenvalue weighted by Crippen LogP contribution is -2.24. The van der Waals surface area contributed by atoms with Crippen LogP contribution in [-0.4, -0.2) is 11.8 Å². The van der Waals surface area contributed by atoms with Gasteiger partial charge in [-0.2, -0.15) is 0 Å². The van der Waals surface area contributed by atoms with E-state index >= 15 is 0 Å². The number of carbonyl (C=O) groups is 2. The van der Waals surface area contributed by atoms with Crippen molar-refractivity contribution in [1.29, 1.82) is 0 Å². The fourth-order valence-electron chi connectivity index (χ4n) is 2.46. The van der Waals surface area contributed by atoms with Gasteiger partial charge in [0.15, 0.2) is 0 Å². The number of anilines is 1. The van der Waals surface area contributed by atoms with E-state index in [0.29, 0.717) is 11.3 Å². The predicted octanol–water partition coefficient (Wildman–Crippen LogP) is 4.15. The summed E-state index contributed by atoms with van der Waals surface area (Å²) in [5.41, 5.74) is 1.36. The molecule has 0 fully saturated rings. The third-order valence-electron chi connectivity index (χ3n) is 3.89. The molecule has 27 heavy (non-hydrogen) atoms. The lowest BCUT2D eigenvalue weighted by molar-refractivity contribution is 0.0950. The first-order valence-electron chi connectivity index (χ1n) is 8.21. The number of hydrogen-bond acceptors (Lipinski definition) is 2. The fourth-order valence-corrected chi connectivity index (χ4v) is 2.46. The molecule has 0 saturated heterocycles. The van der Waals surface area contributed by atoms with Gasteiger partial charge >= 0.3 is 0 Å². The van der Waals surface area contributed by atoms with Crippen LogP contribution in [0.3, 0.4) is 0 Å². The summed E-state index contributed by atoms with van der Waals surface area (Å²) < 4.78 is 26.5. The second kappa shape index (κ2) is 8.23. The maximum Gasteiger partial charge on any atom is 0.255 e. The third kappa shape index (κ3) is 4.76. The molecule has 0 radical (unpaired) electrons. The summed E-state index contributed by atoms with van der Waals surface area (Å²) in [5.74, 6) is -1.65. The Morgan fingerprint density at radius 2 is 1.44 bits per heavy atom. The van der Waals surface area contributed by atoms with Gasteiger partial charge in [-0.25, -0.2) is 8.78 Å². The van der Waals surface area contributed by atoms with Crippen LogP contribution in [0.25, 0.3) is 0 Å². The Kier molecular flexibility index (Phi) is 5.56. The van der Waals surface area contributed by atoms with Crippen molar-refractivity contribution in [3.63, 3.8) is 0 Å². The van der Waals surface area contributed by atoms with E-state index in [0.717, 1.165) is 0 Å². The van der Waals surface area contributed by atoms with Gasteiger partial charge in [-0.1, -0.05) is 24.3 Å². The Morgan fingerprint density at radius 1 is 0.778 bits per heavy atom. The van der Waals surface area contributed by atoms with Crippen molar-refractivity contribution < 1.29 is 18.4 Å². The monoisotopic (exact) mass is 366 g/mol. The first-order chi connectivity index (χ1) is 13.0. The van der Waals surface area contributed by atoms with Crippen molar-refractivity contribution in [1.82, 2.24) is 5.32 Å². The van der Waals surface area contributed by atoms with Crippen molar-refractivity contribution in [2.24, 2.45) is 0 Å². The third-order valence-corrected chi connectivity index (χ3v) is 3.89. The van der Waals surface area contributed by atoms with Crippen molar-refractivity contribution in [3.05, 3.63) is 101 Å². The maximum absolute atomic E-state index is 13.6. The molecule has 0 aliphatic rings. The highest BCUT2D eigenvalue weighted by molar-refractivity contribution is 6.06. The highest BCUT2D eigenvalue weighted by Crippen LogP contribution is 2.12. The van der Waals surface area contributed by atoms with Crippen molar-refractivity contribution in [2.75, 3.05) is 5.32 Å². The number of rotatable bonds is 5. The number of halogens is 2. The molecule has 0 aliphatic heterocycles. The molecule has 0 spiro atoms. The van der Waals surface area contributed by atoms with Crippen LogP contribution < -0.4 is 10.6 Å². The largest absolute Gasteiger partial charge is 0.348 e. The topological polar surface area (TPSA) is 58.2 Å². The van der Waals surface area contributed by atoms with Crippen molar-refractivity contribution in [2.45, 2.75) is 6.54 Å². The molecule has 0 atom stereocenters. The molecule has 2 N–H and O–H groups in total. The van der Waals surface area contributed by atoms with E-state index in [1.165, 1.54) is 36.4 Å². The van der Waals surface area contributed by atoms with E-state index in [9.17, 15) is 18.4 Å². The molecule has 3 aromatic rings. The van der Waals surface area contributed by atoms with E-state index in [1.807, 2.05) is 0 Å². The number of nitrogens with one attached hydrogen (secondary N) is 2. The van der Waals surface area contributed by atoms with E-state index in [-0.39, 0.29) is 17.7 Å². The smallest absolute Gasteiger partial charge is 0.255 e. The molecule has 3 rings (SSSR count). The van der Waals surface area contributed by atoms with Gasteiger partial charge in [-0.15, -0.1) is 0 Å². The highest BCUT2D eigenvalue weighted by Gasteiger charge is 2.11. The van der Waals surface area contributed by atoms with Gasteiger partial charge in [0, 0.05) is 28.9 Å². The van der Waals surface area contributed by atoms with Gasteiger partial charge in [0.05, 0.1) is 0 Å². The summed E-state index contributed by atoms with van der Waals surface area (Å²) in [6.07, 6.45) is 0. The van der Waals surface area contributed by atoms with E-state index < -0.39 is 23.4 Å². The Balaban J connectivity index is 1.67. The molecule has 0 unspecified atom stereocenters. The summed E-state index contributed by atoms with van der Waals surface area (Å²) >= 11 is 0. The first kappa shape index (κ1) is 18.3. The second-order valence-corrected chi connectivity index (χ2v) is 5.82. The van der Waals surface area contributed by atoms with Crippen LogP contribution in [0.5, 0.6) is 0 Å². The number of amides is 2. The van der Waals surface area contributed by atoms with Crippen LogP contribution in [0.4, 0.5) is 14.5 Å². The van der Waals surface area contributed by atoms with Crippen LogP contribution in [0, 0.1) is 11.6 Å². The number of hydrogen-bond donors (Lipinski definition) is 2. The molecule has 0 heterocycles. The zero-order valence-corrected chi connectivity index (χ0v) is 14.2. The SMILES string of the molecule is O=C(NCc1ccccc1F)c1cccc(C(=O)Nc2ccc(F)cc2)c1. The van der Waals surface area contributed by atoms with Crippen molar-refractivity contribution >= 4 is 17.5 Å². The maximum atomic E-state index is 13.6. The van der Waals surface area contributed by atoms with Gasteiger partial charge in [0.25, 0.3) is 11.8 Å². The molecular formula is C21H16F2N2O2. The molecule has 3 aromatic carbocycles. The van der Waals surface area contributed by atoms with Crippen LogP contribution in [-0.2, 0) is 6.54 Å². The van der Waals surface area contributed by atoms with Crippen LogP contribution in [0.15, 0.2) is 72.8 Å². The Bertz CT molecular complexity index is 972. The molecule has 0 saturated carbocycles. The fraction of sp³-hybridized carbons (Fsp3) is 0.0476. The van der Waals surface area contributed by atoms with Gasteiger partial charge in [0.1, 0.15) is 11.6 Å². The van der Waals surface area contributed by atoms with Crippen LogP contribution in [0.2, 0.25) is 0 Å². The van der Waals surface area contributed by atoms with Crippen LogP contribution in [0.1, 0.15) is 26.3 Å². The van der Waals surface area contributed by atoms with Crippen molar-refractivity contribution in [3.8, 4) is 0 Å². The minimum atomic E-state index is -0.426. The quantitative estimate of drug-likeness (QED) is 0.713.